The van der Waals surface area contributed by atoms with Crippen molar-refractivity contribution in [2.75, 3.05) is 26.4 Å². The van der Waals surface area contributed by atoms with Crippen molar-refractivity contribution >= 4 is 102 Å². The molecule has 0 radical (unpaired) electrons. The number of carboxylic acid groups (broad SMARTS) is 1. The minimum atomic E-state index is -5.27. The molecule has 0 saturated carbocycles. The van der Waals surface area contributed by atoms with Crippen molar-refractivity contribution in [1.29, 1.82) is 0 Å². The molecular weight excluding hydrogens is 1040 g/mol. The monoisotopic (exact) mass is 1070 g/mol. The number of aromatic amines is 1. The smallest absolute Gasteiger partial charge is 0.356 e. The molecule has 28 nitrogen and oxygen atoms in total. The minimum Gasteiger partial charge on any atom is -0.505 e. The molecule has 0 aliphatic carbocycles. The Labute approximate surface area is 403 Å². The fourth-order valence-corrected chi connectivity index (χ4v) is 9.24. The lowest BCUT2D eigenvalue weighted by atomic mass is 10.1. The fraction of sp³-hybridized carbons (Fsp3) is 0.100. The number of aromatic nitrogens is 2. The highest BCUT2D eigenvalue weighted by Gasteiger charge is 2.26. The Kier molecular flexibility index (Phi) is 14.5. The van der Waals surface area contributed by atoms with Crippen LogP contribution in [0.1, 0.15) is 10.5 Å². The molecule has 72 heavy (non-hydrogen) atoms. The Morgan fingerprint density at radius 3 is 1.69 bits per heavy atom. The summed E-state index contributed by atoms with van der Waals surface area (Å²) in [6, 6.07) is 15.7. The zero-order valence-electron chi connectivity index (χ0n) is 35.7. The second kappa shape index (κ2) is 20.1. The molecule has 0 fully saturated rings. The molecule has 0 bridgehead atoms. The van der Waals surface area contributed by atoms with E-state index < -0.39 is 121 Å². The topological polar surface area (TPSA) is 446 Å². The number of ether oxygens (including phenoxy) is 2. The van der Waals surface area contributed by atoms with Gasteiger partial charge in [-0.15, -0.1) is 20.5 Å². The average molecular weight is 1070 g/mol. The van der Waals surface area contributed by atoms with Gasteiger partial charge in [0.2, 0.25) is 0 Å². The van der Waals surface area contributed by atoms with Crippen molar-refractivity contribution < 1.29 is 86.6 Å². The summed E-state index contributed by atoms with van der Waals surface area (Å²) < 4.78 is 149. The molecule has 0 spiro atoms. The first-order valence-electron chi connectivity index (χ1n) is 19.7. The predicted octanol–water partition coefficient (Wildman–Crippen LogP) is 5.85. The SMILES string of the molecule is O=C(O)c1[nH]n(-c2ccc(S(=O)(=O)O)cc2)c(=O)c1N=Nc1ccc2c(O)c(N=Nc3cc(OCCO)c(N=Nc4cc(S(=O)(=O)O)c5cccc(S(=O)(=O)O)c5c4)cc3OCCO)c(S(=O)(=O)O)cc2c1. The zero-order valence-corrected chi connectivity index (χ0v) is 39.0. The van der Waals surface area contributed by atoms with Gasteiger partial charge in [-0.3, -0.25) is 28.1 Å². The zero-order chi connectivity index (χ0) is 52.5. The molecule has 0 atom stereocenters. The standard InChI is InChI=1S/C40H32N8O20S4/c49-10-12-67-30-19-29(31(68-13-11-50)18-28(30)43-42-22-16-27-26(33(17-22)71(61,62)63)2-1-3-32(27)70(58,59)60)44-45-35-34(72(64,65)66)15-20-14-21(4-9-25(20)38(35)51)41-46-36-37(40(53)54)47-48(39(36)52)23-5-7-24(8-6-23)69(55,56)57/h1-9,14-19,47,49-51H,10-13H2,(H,53,54)(H,55,56,57)(H,58,59,60)(H,61,62,63)(H,64,65,66). The van der Waals surface area contributed by atoms with Crippen molar-refractivity contribution in [2.45, 2.75) is 19.6 Å². The van der Waals surface area contributed by atoms with E-state index in [-0.39, 0.29) is 61.5 Å². The molecule has 6 aromatic carbocycles. The molecule has 9 N–H and O–H groups in total. The summed E-state index contributed by atoms with van der Waals surface area (Å²) in [7, 11) is -19.9. The maximum absolute atomic E-state index is 13.3. The molecule has 0 saturated heterocycles. The van der Waals surface area contributed by atoms with E-state index in [9.17, 15) is 81.9 Å². The van der Waals surface area contributed by atoms with Crippen molar-refractivity contribution in [3.63, 3.8) is 0 Å². The highest BCUT2D eigenvalue weighted by molar-refractivity contribution is 7.87. The Morgan fingerprint density at radius 2 is 1.14 bits per heavy atom. The van der Waals surface area contributed by atoms with E-state index in [1.54, 1.807) is 0 Å². The molecule has 0 amide bonds. The third kappa shape index (κ3) is 11.2. The summed E-state index contributed by atoms with van der Waals surface area (Å²) in [6.07, 6.45) is 0. The van der Waals surface area contributed by atoms with E-state index in [0.29, 0.717) is 4.68 Å². The second-order valence-corrected chi connectivity index (χ2v) is 20.1. The van der Waals surface area contributed by atoms with Crippen LogP contribution in [0.4, 0.5) is 34.1 Å². The quantitative estimate of drug-likeness (QED) is 0.0359. The van der Waals surface area contributed by atoms with Gasteiger partial charge in [-0.2, -0.15) is 43.9 Å². The van der Waals surface area contributed by atoms with Crippen LogP contribution in [0.2, 0.25) is 0 Å². The van der Waals surface area contributed by atoms with Crippen LogP contribution in [0.25, 0.3) is 27.2 Å². The van der Waals surface area contributed by atoms with E-state index in [1.807, 2.05) is 0 Å². The largest absolute Gasteiger partial charge is 0.505 e. The number of aliphatic hydroxyl groups is 2. The van der Waals surface area contributed by atoms with Crippen LogP contribution in [0, 0.1) is 0 Å². The number of azo groups is 3. The highest BCUT2D eigenvalue weighted by Crippen LogP contribution is 2.46. The fourth-order valence-electron chi connectivity index (χ4n) is 6.68. The number of fused-ring (bicyclic) bond motifs is 2. The van der Waals surface area contributed by atoms with Gasteiger partial charge in [-0.1, -0.05) is 12.1 Å². The number of phenols is 1. The van der Waals surface area contributed by atoms with E-state index in [2.05, 4.69) is 35.8 Å². The number of hydrogen-bond donors (Lipinski definition) is 9. The number of carbonyl (C=O) groups is 1. The average Bonchev–Trinajstić information content (AvgIpc) is 3.65. The van der Waals surface area contributed by atoms with Gasteiger partial charge < -0.3 is 29.9 Å². The predicted molar refractivity (Wildman–Crippen MR) is 246 cm³/mol. The number of carboxylic acids is 1. The third-order valence-electron chi connectivity index (χ3n) is 9.78. The van der Waals surface area contributed by atoms with Crippen molar-refractivity contribution in [1.82, 2.24) is 9.78 Å². The molecular formula is C40H32N8O20S4. The third-order valence-corrected chi connectivity index (χ3v) is 13.3. The number of aromatic hydroxyl groups is 1. The molecule has 0 unspecified atom stereocenters. The molecule has 1 aromatic heterocycles. The van der Waals surface area contributed by atoms with Crippen LogP contribution in [-0.2, 0) is 40.5 Å². The molecule has 7 aromatic rings. The normalized spacial score (nSPS) is 12.8. The van der Waals surface area contributed by atoms with Crippen molar-refractivity contribution in [3.8, 4) is 22.9 Å². The van der Waals surface area contributed by atoms with Crippen LogP contribution in [0.15, 0.2) is 146 Å². The van der Waals surface area contributed by atoms with Crippen LogP contribution < -0.4 is 15.0 Å². The van der Waals surface area contributed by atoms with E-state index in [0.717, 1.165) is 78.9 Å². The van der Waals surface area contributed by atoms with E-state index in [4.69, 9.17) is 9.47 Å². The van der Waals surface area contributed by atoms with Gasteiger partial charge >= 0.3 is 5.97 Å². The second-order valence-electron chi connectivity index (χ2n) is 14.5. The molecule has 376 valence electrons. The van der Waals surface area contributed by atoms with Crippen LogP contribution >= 0.6 is 0 Å². The number of benzene rings is 6. The van der Waals surface area contributed by atoms with Gasteiger partial charge in [0.05, 0.1) is 35.2 Å². The molecule has 0 aliphatic rings. The minimum absolute atomic E-state index is 0.0620. The van der Waals surface area contributed by atoms with E-state index in [1.165, 1.54) is 12.1 Å². The lowest BCUT2D eigenvalue weighted by Crippen LogP contribution is -2.14. The van der Waals surface area contributed by atoms with Gasteiger partial charge in [0.1, 0.15) is 56.5 Å². The Morgan fingerprint density at radius 1 is 0.569 bits per heavy atom. The molecule has 32 heteroatoms. The maximum atomic E-state index is 13.3. The van der Waals surface area contributed by atoms with Crippen molar-refractivity contribution in [2.24, 2.45) is 30.7 Å². The van der Waals surface area contributed by atoms with Crippen LogP contribution in [-0.4, -0.2) is 114 Å². The summed E-state index contributed by atoms with van der Waals surface area (Å²) in [5.41, 5.74) is -4.59. The number of aromatic carboxylic acids is 1. The summed E-state index contributed by atoms with van der Waals surface area (Å²) in [5, 5.41) is 65.1. The van der Waals surface area contributed by atoms with Gasteiger partial charge in [0, 0.05) is 28.3 Å². The number of rotatable bonds is 18. The first kappa shape index (κ1) is 51.9. The van der Waals surface area contributed by atoms with Gasteiger partial charge in [0.25, 0.3) is 46.0 Å². The summed E-state index contributed by atoms with van der Waals surface area (Å²) in [6.45, 7) is -1.98. The molecule has 7 rings (SSSR count). The first-order chi connectivity index (χ1) is 33.8. The highest BCUT2D eigenvalue weighted by atomic mass is 32.2. The Balaban J connectivity index is 1.28. The van der Waals surface area contributed by atoms with Crippen molar-refractivity contribution in [3.05, 3.63) is 107 Å². The Bertz CT molecular complexity index is 3970. The number of aliphatic hydroxyl groups excluding tert-OH is 2. The van der Waals surface area contributed by atoms with E-state index >= 15 is 0 Å². The number of phenolic OH excluding ortho intramolecular Hbond substituents is 1. The number of hydrogen-bond acceptors (Lipinski definition) is 21. The molecule has 0 aliphatic heterocycles. The number of nitrogens with one attached hydrogen (secondary N) is 1. The number of nitrogens with zero attached hydrogens (tertiary/aromatic N) is 7. The van der Waals surface area contributed by atoms with Crippen LogP contribution in [0.3, 0.4) is 0 Å². The maximum Gasteiger partial charge on any atom is 0.356 e. The summed E-state index contributed by atoms with van der Waals surface area (Å²) in [5.74, 6) is -3.10. The first-order valence-corrected chi connectivity index (χ1v) is 25.4. The molecule has 1 heterocycles. The summed E-state index contributed by atoms with van der Waals surface area (Å²) >= 11 is 0. The van der Waals surface area contributed by atoms with Crippen LogP contribution in [0.5, 0.6) is 17.2 Å². The lowest BCUT2D eigenvalue weighted by molar-refractivity contribution is 0.0690. The van der Waals surface area contributed by atoms with Gasteiger partial charge in [-0.25, -0.2) is 9.48 Å². The Hall–Kier alpha value is -7.92. The number of H-pyrrole nitrogens is 1. The van der Waals surface area contributed by atoms with Gasteiger partial charge in [0.15, 0.2) is 17.1 Å². The van der Waals surface area contributed by atoms with Gasteiger partial charge in [-0.05, 0) is 72.1 Å². The summed E-state index contributed by atoms with van der Waals surface area (Å²) in [4.78, 5) is 22.2. The lowest BCUT2D eigenvalue weighted by Gasteiger charge is -2.13.